The fraction of sp³-hybridized carbons (Fsp3) is 0.778. The lowest BCUT2D eigenvalue weighted by Gasteiger charge is -2.34. The first-order chi connectivity index (χ1) is 8.02. The van der Waals surface area contributed by atoms with Crippen LogP contribution in [-0.4, -0.2) is 28.1 Å². The molecule has 1 fully saturated rings. The summed E-state index contributed by atoms with van der Waals surface area (Å²) in [6.45, 7) is 0.753. The molecule has 96 valence electrons. The van der Waals surface area contributed by atoms with Crippen molar-refractivity contribution >= 4 is 32.4 Å². The van der Waals surface area contributed by atoms with Gasteiger partial charge in [0.25, 0.3) is 0 Å². The lowest BCUT2D eigenvalue weighted by atomic mass is 10.0. The summed E-state index contributed by atoms with van der Waals surface area (Å²) >= 11 is 4.01. The summed E-state index contributed by atoms with van der Waals surface area (Å²) in [6, 6.07) is 0.220. The van der Waals surface area contributed by atoms with Crippen molar-refractivity contribution in [3.05, 3.63) is 5.01 Å². The largest absolute Gasteiger partial charge is 0.445 e. The van der Waals surface area contributed by atoms with Gasteiger partial charge in [-0.2, -0.15) is 13.2 Å². The van der Waals surface area contributed by atoms with Gasteiger partial charge in [-0.1, -0.05) is 27.3 Å². The Balaban J connectivity index is 2.18. The van der Waals surface area contributed by atoms with E-state index in [4.69, 9.17) is 0 Å². The average molecular weight is 330 g/mol. The van der Waals surface area contributed by atoms with Gasteiger partial charge in [0.1, 0.15) is 0 Å². The Morgan fingerprint density at radius 1 is 1.35 bits per heavy atom. The van der Waals surface area contributed by atoms with E-state index >= 15 is 0 Å². The van der Waals surface area contributed by atoms with Gasteiger partial charge in [0, 0.05) is 17.9 Å². The summed E-state index contributed by atoms with van der Waals surface area (Å²) in [5.74, 6) is 0. The smallest absolute Gasteiger partial charge is 0.343 e. The molecule has 0 aliphatic carbocycles. The Kier molecular flexibility index (Phi) is 3.92. The summed E-state index contributed by atoms with van der Waals surface area (Å²) in [5.41, 5.74) is 0. The van der Waals surface area contributed by atoms with Crippen LogP contribution in [-0.2, 0) is 6.18 Å². The Morgan fingerprint density at radius 3 is 2.71 bits per heavy atom. The molecule has 0 amide bonds. The molecule has 1 unspecified atom stereocenters. The number of alkyl halides is 4. The Morgan fingerprint density at radius 2 is 2.12 bits per heavy atom. The molecule has 0 aromatic carbocycles. The Labute approximate surface area is 109 Å². The van der Waals surface area contributed by atoms with Crippen LogP contribution in [0.15, 0.2) is 0 Å². The summed E-state index contributed by atoms with van der Waals surface area (Å²) in [7, 11) is 0. The molecule has 1 aromatic rings. The van der Waals surface area contributed by atoms with Gasteiger partial charge < -0.3 is 4.90 Å². The second kappa shape index (κ2) is 5.09. The highest BCUT2D eigenvalue weighted by atomic mass is 79.9. The average Bonchev–Trinajstić information content (AvgIpc) is 2.77. The number of hydrogen-bond acceptors (Lipinski definition) is 4. The number of halogens is 4. The third kappa shape index (κ3) is 2.90. The predicted octanol–water partition coefficient (Wildman–Crippen LogP) is 3.31. The molecule has 0 N–H and O–H groups in total. The fourth-order valence-electron chi connectivity index (χ4n) is 1.86. The number of aromatic nitrogens is 2. The predicted molar refractivity (Wildman–Crippen MR) is 63.7 cm³/mol. The lowest BCUT2D eigenvalue weighted by molar-refractivity contribution is -0.138. The van der Waals surface area contributed by atoms with Gasteiger partial charge in [-0.05, 0) is 19.3 Å². The van der Waals surface area contributed by atoms with Crippen molar-refractivity contribution in [2.75, 3.05) is 16.8 Å². The molecule has 2 rings (SSSR count). The molecular formula is C9H11BrF3N3S. The highest BCUT2D eigenvalue weighted by Gasteiger charge is 2.37. The minimum Gasteiger partial charge on any atom is -0.343 e. The maximum atomic E-state index is 12.4. The van der Waals surface area contributed by atoms with Crippen LogP contribution < -0.4 is 4.90 Å². The van der Waals surface area contributed by atoms with Crippen molar-refractivity contribution in [2.24, 2.45) is 0 Å². The van der Waals surface area contributed by atoms with E-state index in [1.54, 1.807) is 0 Å². The molecule has 0 radical (unpaired) electrons. The molecule has 0 spiro atoms. The van der Waals surface area contributed by atoms with Gasteiger partial charge in [0.05, 0.1) is 0 Å². The molecule has 2 heterocycles. The molecule has 1 aliphatic rings. The summed E-state index contributed by atoms with van der Waals surface area (Å²) in [4.78, 5) is 1.92. The highest BCUT2D eigenvalue weighted by Crippen LogP contribution is 2.36. The first-order valence-electron chi connectivity index (χ1n) is 5.25. The van der Waals surface area contributed by atoms with Crippen LogP contribution >= 0.6 is 27.3 Å². The van der Waals surface area contributed by atoms with Crippen molar-refractivity contribution in [3.63, 3.8) is 0 Å². The van der Waals surface area contributed by atoms with Gasteiger partial charge in [-0.15, -0.1) is 10.2 Å². The van der Waals surface area contributed by atoms with E-state index in [1.807, 2.05) is 4.90 Å². The molecule has 0 bridgehead atoms. The van der Waals surface area contributed by atoms with Crippen molar-refractivity contribution in [1.82, 2.24) is 10.2 Å². The van der Waals surface area contributed by atoms with E-state index in [0.717, 1.165) is 31.1 Å². The molecule has 3 nitrogen and oxygen atoms in total. The van der Waals surface area contributed by atoms with Gasteiger partial charge >= 0.3 is 6.18 Å². The SMILES string of the molecule is FC(F)(F)c1nnc(N2CCCCC2CBr)s1. The number of nitrogens with zero attached hydrogens (tertiary/aromatic N) is 3. The minimum absolute atomic E-state index is 0.220. The summed E-state index contributed by atoms with van der Waals surface area (Å²) in [6.07, 6.45) is -1.32. The number of anilines is 1. The Hall–Kier alpha value is -0.370. The van der Waals surface area contributed by atoms with E-state index in [0.29, 0.717) is 16.5 Å². The second-order valence-electron chi connectivity index (χ2n) is 3.88. The number of hydrogen-bond donors (Lipinski definition) is 0. The van der Waals surface area contributed by atoms with E-state index in [1.165, 1.54) is 0 Å². The Bertz CT molecular complexity index is 382. The van der Waals surface area contributed by atoms with E-state index in [9.17, 15) is 13.2 Å². The van der Waals surface area contributed by atoms with Crippen molar-refractivity contribution in [1.29, 1.82) is 0 Å². The lowest BCUT2D eigenvalue weighted by Crippen LogP contribution is -2.40. The van der Waals surface area contributed by atoms with E-state index in [-0.39, 0.29) is 6.04 Å². The second-order valence-corrected chi connectivity index (χ2v) is 5.49. The first-order valence-corrected chi connectivity index (χ1v) is 7.19. The van der Waals surface area contributed by atoms with Gasteiger partial charge in [0.15, 0.2) is 0 Å². The van der Waals surface area contributed by atoms with E-state index in [2.05, 4.69) is 26.1 Å². The first kappa shape index (κ1) is 13.1. The van der Waals surface area contributed by atoms with E-state index < -0.39 is 11.2 Å². The van der Waals surface area contributed by atoms with Crippen LogP contribution in [0.5, 0.6) is 0 Å². The molecular weight excluding hydrogens is 319 g/mol. The fourth-order valence-corrected chi connectivity index (χ4v) is 3.34. The topological polar surface area (TPSA) is 29.0 Å². The van der Waals surface area contributed by atoms with Crippen LogP contribution in [0.3, 0.4) is 0 Å². The molecule has 17 heavy (non-hydrogen) atoms. The van der Waals surface area contributed by atoms with Crippen LogP contribution in [0.4, 0.5) is 18.3 Å². The quantitative estimate of drug-likeness (QED) is 0.779. The summed E-state index contributed by atoms with van der Waals surface area (Å²) in [5, 5.41) is 7.13. The normalized spacial score (nSPS) is 21.9. The van der Waals surface area contributed by atoms with Crippen LogP contribution in [0.25, 0.3) is 0 Å². The zero-order valence-corrected chi connectivity index (χ0v) is 11.3. The monoisotopic (exact) mass is 329 g/mol. The molecule has 8 heteroatoms. The molecule has 1 aliphatic heterocycles. The zero-order valence-electron chi connectivity index (χ0n) is 8.87. The maximum Gasteiger partial charge on any atom is 0.445 e. The summed E-state index contributed by atoms with van der Waals surface area (Å²) < 4.78 is 37.3. The van der Waals surface area contributed by atoms with Crippen LogP contribution in [0.1, 0.15) is 24.3 Å². The maximum absolute atomic E-state index is 12.4. The van der Waals surface area contributed by atoms with Gasteiger partial charge in [-0.3, -0.25) is 0 Å². The molecule has 0 saturated carbocycles. The third-order valence-electron chi connectivity index (χ3n) is 2.71. The van der Waals surface area contributed by atoms with Crippen molar-refractivity contribution < 1.29 is 13.2 Å². The van der Waals surface area contributed by atoms with Gasteiger partial charge in [0.2, 0.25) is 10.1 Å². The van der Waals surface area contributed by atoms with Crippen molar-refractivity contribution in [2.45, 2.75) is 31.5 Å². The molecule has 1 saturated heterocycles. The van der Waals surface area contributed by atoms with Crippen LogP contribution in [0, 0.1) is 0 Å². The van der Waals surface area contributed by atoms with Gasteiger partial charge in [-0.25, -0.2) is 0 Å². The number of rotatable bonds is 2. The molecule has 1 atom stereocenters. The molecule has 1 aromatic heterocycles. The third-order valence-corrected chi connectivity index (χ3v) is 4.46. The van der Waals surface area contributed by atoms with Crippen molar-refractivity contribution in [3.8, 4) is 0 Å². The number of piperidine rings is 1. The van der Waals surface area contributed by atoms with Crippen LogP contribution in [0.2, 0.25) is 0 Å². The minimum atomic E-state index is -4.39. The highest BCUT2D eigenvalue weighted by molar-refractivity contribution is 9.09. The zero-order chi connectivity index (χ0) is 12.5. The standard InChI is InChI=1S/C9H11BrF3N3S/c10-5-6-3-1-2-4-16(6)8-15-14-7(17-8)9(11,12)13/h6H,1-5H2.